The number of carbonyl (C=O) groups excluding carboxylic acids is 1. The number of aliphatic carboxylic acids is 1. The Labute approximate surface area is 123 Å². The fourth-order valence-electron chi connectivity index (χ4n) is 3.88. The highest BCUT2D eigenvalue weighted by Gasteiger charge is 2.52. The quantitative estimate of drug-likeness (QED) is 0.642. The Morgan fingerprint density at radius 3 is 2.57 bits per heavy atom. The molecule has 6 nitrogen and oxygen atoms in total. The Balaban J connectivity index is 1.65. The van der Waals surface area contributed by atoms with Crippen molar-refractivity contribution in [2.45, 2.75) is 31.5 Å². The average molecular weight is 295 g/mol. The minimum atomic E-state index is -1.05. The van der Waals surface area contributed by atoms with E-state index in [2.05, 4.69) is 5.32 Å². The Bertz CT molecular complexity index is 490. The summed E-state index contributed by atoms with van der Waals surface area (Å²) in [7, 11) is 0. The molecule has 3 rings (SSSR count). The highest BCUT2D eigenvalue weighted by Crippen LogP contribution is 2.48. The van der Waals surface area contributed by atoms with Crippen molar-refractivity contribution in [3.63, 3.8) is 0 Å². The first-order valence-corrected chi connectivity index (χ1v) is 7.45. The van der Waals surface area contributed by atoms with Crippen LogP contribution in [0.3, 0.4) is 0 Å². The molecule has 6 unspecified atom stereocenters. The molecule has 0 aromatic carbocycles. The minimum absolute atomic E-state index is 0.00277. The van der Waals surface area contributed by atoms with Gasteiger partial charge in [0.05, 0.1) is 17.9 Å². The third-order valence-corrected chi connectivity index (χ3v) is 5.28. The van der Waals surface area contributed by atoms with Crippen molar-refractivity contribution in [1.29, 1.82) is 0 Å². The van der Waals surface area contributed by atoms with E-state index in [1.165, 1.54) is 0 Å². The van der Waals surface area contributed by atoms with Gasteiger partial charge in [-0.1, -0.05) is 12.2 Å². The topological polar surface area (TPSA) is 95.9 Å². The lowest BCUT2D eigenvalue weighted by atomic mass is 9.82. The van der Waals surface area contributed by atoms with E-state index in [9.17, 15) is 19.8 Å². The summed E-state index contributed by atoms with van der Waals surface area (Å²) in [4.78, 5) is 23.8. The number of carboxylic acid groups (broad SMARTS) is 1. The number of carboxylic acids is 1. The number of rotatable bonds is 4. The maximum atomic E-state index is 12.4. The van der Waals surface area contributed by atoms with E-state index in [0.29, 0.717) is 13.0 Å². The van der Waals surface area contributed by atoms with Crippen LogP contribution in [0.5, 0.6) is 0 Å². The molecular formula is C15H21NO5. The number of nitrogens with one attached hydrogen (secondary N) is 1. The molecule has 21 heavy (non-hydrogen) atoms. The molecule has 1 amide bonds. The summed E-state index contributed by atoms with van der Waals surface area (Å²) in [5, 5.41) is 22.5. The van der Waals surface area contributed by atoms with Gasteiger partial charge in [-0.3, -0.25) is 9.59 Å². The van der Waals surface area contributed by atoms with Gasteiger partial charge < -0.3 is 20.3 Å². The second-order valence-corrected chi connectivity index (χ2v) is 6.42. The van der Waals surface area contributed by atoms with E-state index in [1.807, 2.05) is 12.2 Å². The van der Waals surface area contributed by atoms with Crippen LogP contribution >= 0.6 is 0 Å². The van der Waals surface area contributed by atoms with Crippen LogP contribution in [0.1, 0.15) is 19.8 Å². The fourth-order valence-corrected chi connectivity index (χ4v) is 3.88. The fraction of sp³-hybridized carbons (Fsp3) is 0.733. The third-order valence-electron chi connectivity index (χ3n) is 5.28. The minimum Gasteiger partial charge on any atom is -0.481 e. The highest BCUT2D eigenvalue weighted by atomic mass is 16.5. The second kappa shape index (κ2) is 5.10. The Morgan fingerprint density at radius 2 is 2.00 bits per heavy atom. The molecule has 2 fully saturated rings. The Kier molecular flexibility index (Phi) is 3.53. The summed E-state index contributed by atoms with van der Waals surface area (Å²) in [6.45, 7) is 2.36. The maximum Gasteiger partial charge on any atom is 0.307 e. The predicted molar refractivity (Wildman–Crippen MR) is 73.3 cm³/mol. The summed E-state index contributed by atoms with van der Waals surface area (Å²) in [5.41, 5.74) is -1.05. The molecule has 6 heteroatoms. The Morgan fingerprint density at radius 1 is 1.33 bits per heavy atom. The first-order chi connectivity index (χ1) is 9.92. The van der Waals surface area contributed by atoms with Crippen LogP contribution in [0.2, 0.25) is 0 Å². The number of fused-ring (bicyclic) bond motifs is 2. The van der Waals surface area contributed by atoms with Crippen molar-refractivity contribution in [3.8, 4) is 0 Å². The van der Waals surface area contributed by atoms with Gasteiger partial charge in [-0.2, -0.15) is 0 Å². The van der Waals surface area contributed by atoms with E-state index in [4.69, 9.17) is 4.74 Å². The molecule has 1 aliphatic heterocycles. The second-order valence-electron chi connectivity index (χ2n) is 6.42. The van der Waals surface area contributed by atoms with Gasteiger partial charge in [0.15, 0.2) is 0 Å². The van der Waals surface area contributed by atoms with E-state index < -0.39 is 23.4 Å². The molecule has 6 atom stereocenters. The maximum absolute atomic E-state index is 12.4. The molecule has 2 aliphatic carbocycles. The lowest BCUT2D eigenvalue weighted by Crippen LogP contribution is -2.50. The van der Waals surface area contributed by atoms with Gasteiger partial charge in [-0.25, -0.2) is 0 Å². The highest BCUT2D eigenvalue weighted by molar-refractivity contribution is 5.86. The zero-order valence-corrected chi connectivity index (χ0v) is 12.0. The zero-order chi connectivity index (χ0) is 15.2. The molecule has 3 N–H and O–H groups in total. The van der Waals surface area contributed by atoms with Crippen LogP contribution in [-0.4, -0.2) is 46.9 Å². The monoisotopic (exact) mass is 295 g/mol. The van der Waals surface area contributed by atoms with Crippen molar-refractivity contribution in [3.05, 3.63) is 12.2 Å². The molecule has 1 heterocycles. The van der Waals surface area contributed by atoms with Crippen LogP contribution in [0, 0.1) is 23.7 Å². The molecular weight excluding hydrogens is 274 g/mol. The van der Waals surface area contributed by atoms with E-state index in [1.54, 1.807) is 6.92 Å². The summed E-state index contributed by atoms with van der Waals surface area (Å²) in [6.07, 6.45) is 4.75. The molecule has 0 aromatic rings. The third kappa shape index (κ3) is 2.36. The normalized spacial score (nSPS) is 44.2. The van der Waals surface area contributed by atoms with Crippen LogP contribution < -0.4 is 5.32 Å². The number of allylic oxidation sites excluding steroid dienone is 2. The number of hydrogen-bond donors (Lipinski definition) is 3. The molecule has 2 bridgehead atoms. The number of amides is 1. The lowest BCUT2D eigenvalue weighted by Gasteiger charge is -2.29. The van der Waals surface area contributed by atoms with Crippen molar-refractivity contribution < 1.29 is 24.5 Å². The smallest absolute Gasteiger partial charge is 0.307 e. The van der Waals surface area contributed by atoms with Crippen LogP contribution in [0.4, 0.5) is 0 Å². The van der Waals surface area contributed by atoms with E-state index in [-0.39, 0.29) is 30.4 Å². The van der Waals surface area contributed by atoms with Gasteiger partial charge in [0, 0.05) is 19.6 Å². The number of carbonyl (C=O) groups is 2. The summed E-state index contributed by atoms with van der Waals surface area (Å²) < 4.78 is 5.33. The summed E-state index contributed by atoms with van der Waals surface area (Å²) in [5.74, 6) is -2.40. The molecule has 0 radical (unpaired) electrons. The predicted octanol–water partition coefficient (Wildman–Crippen LogP) is 0.165. The average Bonchev–Trinajstić information content (AvgIpc) is 3.12. The SMILES string of the molecule is CC1OCCC1(O)CNC(=O)C1C2C=CC(C2)C1C(=O)O. The molecule has 1 saturated carbocycles. The molecule has 3 aliphatic rings. The molecule has 116 valence electrons. The summed E-state index contributed by atoms with van der Waals surface area (Å²) >= 11 is 0. The van der Waals surface area contributed by atoms with E-state index >= 15 is 0 Å². The number of aliphatic hydroxyl groups is 1. The number of hydrogen-bond acceptors (Lipinski definition) is 4. The number of ether oxygens (including phenoxy) is 1. The first kappa shape index (κ1) is 14.5. The van der Waals surface area contributed by atoms with Gasteiger partial charge >= 0.3 is 5.97 Å². The van der Waals surface area contributed by atoms with Crippen LogP contribution in [0.25, 0.3) is 0 Å². The molecule has 0 spiro atoms. The van der Waals surface area contributed by atoms with Crippen molar-refractivity contribution in [2.24, 2.45) is 23.7 Å². The standard InChI is InChI=1S/C15H21NO5/c1-8-15(20,4-5-21-8)7-16-13(17)11-9-2-3-10(6-9)12(11)14(18)19/h2-3,8-12,20H,4-7H2,1H3,(H,16,17)(H,18,19). The largest absolute Gasteiger partial charge is 0.481 e. The van der Waals surface area contributed by atoms with Crippen molar-refractivity contribution in [2.75, 3.05) is 13.2 Å². The van der Waals surface area contributed by atoms with Gasteiger partial charge in [-0.15, -0.1) is 0 Å². The van der Waals surface area contributed by atoms with E-state index in [0.717, 1.165) is 6.42 Å². The van der Waals surface area contributed by atoms with Gasteiger partial charge in [0.25, 0.3) is 0 Å². The zero-order valence-electron chi connectivity index (χ0n) is 12.0. The van der Waals surface area contributed by atoms with Crippen LogP contribution in [0.15, 0.2) is 12.2 Å². The van der Waals surface area contributed by atoms with Gasteiger partial charge in [-0.05, 0) is 25.2 Å². The summed E-state index contributed by atoms with van der Waals surface area (Å²) in [6, 6.07) is 0. The first-order valence-electron chi connectivity index (χ1n) is 7.45. The molecule has 1 saturated heterocycles. The Hall–Kier alpha value is -1.40. The van der Waals surface area contributed by atoms with Crippen molar-refractivity contribution in [1.82, 2.24) is 5.32 Å². The van der Waals surface area contributed by atoms with Gasteiger partial charge in [0.2, 0.25) is 5.91 Å². The lowest BCUT2D eigenvalue weighted by molar-refractivity contribution is -0.148. The van der Waals surface area contributed by atoms with Crippen molar-refractivity contribution >= 4 is 11.9 Å². The van der Waals surface area contributed by atoms with Crippen LogP contribution in [-0.2, 0) is 14.3 Å². The van der Waals surface area contributed by atoms with Gasteiger partial charge in [0.1, 0.15) is 5.60 Å². The molecule has 0 aromatic heterocycles.